The molecule has 1 atom stereocenters. The summed E-state index contributed by atoms with van der Waals surface area (Å²) in [5, 5.41) is 2.62. The first kappa shape index (κ1) is 19.9. The van der Waals surface area contributed by atoms with Crippen LogP contribution in [0.4, 0.5) is 5.69 Å². The largest absolute Gasteiger partial charge is 0.468 e. The molecule has 0 aliphatic carbocycles. The third-order valence-electron chi connectivity index (χ3n) is 4.31. The molecule has 2 N–H and O–H groups in total. The Morgan fingerprint density at radius 1 is 1.22 bits per heavy atom. The van der Waals surface area contributed by atoms with Crippen LogP contribution in [0.25, 0.3) is 0 Å². The van der Waals surface area contributed by atoms with Crippen molar-refractivity contribution in [3.05, 3.63) is 48.4 Å². The maximum atomic E-state index is 12.7. The van der Waals surface area contributed by atoms with Gasteiger partial charge in [0.15, 0.2) is 0 Å². The van der Waals surface area contributed by atoms with E-state index in [1.165, 1.54) is 19.1 Å². The minimum absolute atomic E-state index is 0.144. The van der Waals surface area contributed by atoms with Crippen molar-refractivity contribution in [3.8, 4) is 0 Å². The number of anilines is 1. The number of rotatable bonds is 7. The van der Waals surface area contributed by atoms with Gasteiger partial charge in [-0.25, -0.2) is 13.1 Å². The van der Waals surface area contributed by atoms with Crippen LogP contribution >= 0.6 is 11.8 Å². The Bertz CT molecular complexity index is 845. The van der Waals surface area contributed by atoms with E-state index in [1.807, 2.05) is 23.9 Å². The van der Waals surface area contributed by atoms with E-state index in [9.17, 15) is 13.2 Å². The van der Waals surface area contributed by atoms with Gasteiger partial charge in [0.1, 0.15) is 5.76 Å². The molecule has 2 heterocycles. The number of benzene rings is 1. The third kappa shape index (κ3) is 5.35. The average molecular weight is 410 g/mol. The Hall–Kier alpha value is -1.81. The lowest BCUT2D eigenvalue weighted by atomic mass is 10.2. The molecule has 1 aliphatic heterocycles. The molecule has 1 amide bonds. The number of hydrogen-bond donors (Lipinski definition) is 2. The Morgan fingerprint density at radius 2 is 1.93 bits per heavy atom. The van der Waals surface area contributed by atoms with E-state index in [2.05, 4.69) is 14.9 Å². The smallest absolute Gasteiger partial charge is 0.240 e. The first-order chi connectivity index (χ1) is 13.0. The van der Waals surface area contributed by atoms with Crippen molar-refractivity contribution in [2.45, 2.75) is 17.9 Å². The van der Waals surface area contributed by atoms with E-state index in [4.69, 9.17) is 4.42 Å². The molecular formula is C18H23N3O4S2. The molecule has 146 valence electrons. The first-order valence-electron chi connectivity index (χ1n) is 8.68. The van der Waals surface area contributed by atoms with E-state index in [1.54, 1.807) is 18.4 Å². The first-order valence-corrected chi connectivity index (χ1v) is 11.3. The van der Waals surface area contributed by atoms with Crippen LogP contribution in [0.2, 0.25) is 0 Å². The van der Waals surface area contributed by atoms with Crippen molar-refractivity contribution in [3.63, 3.8) is 0 Å². The summed E-state index contributed by atoms with van der Waals surface area (Å²) in [4.78, 5) is 13.5. The molecule has 1 fully saturated rings. The maximum Gasteiger partial charge on any atom is 0.240 e. The van der Waals surface area contributed by atoms with Crippen LogP contribution in [0.1, 0.15) is 18.7 Å². The van der Waals surface area contributed by atoms with Crippen molar-refractivity contribution in [2.24, 2.45) is 0 Å². The van der Waals surface area contributed by atoms with Gasteiger partial charge in [-0.3, -0.25) is 9.69 Å². The zero-order valence-corrected chi connectivity index (χ0v) is 16.7. The topological polar surface area (TPSA) is 91.6 Å². The van der Waals surface area contributed by atoms with E-state index in [0.717, 1.165) is 30.4 Å². The Morgan fingerprint density at radius 3 is 2.52 bits per heavy atom. The lowest BCUT2D eigenvalue weighted by Gasteiger charge is -2.33. The minimum atomic E-state index is -3.67. The van der Waals surface area contributed by atoms with Crippen LogP contribution in [0, 0.1) is 0 Å². The van der Waals surface area contributed by atoms with Crippen molar-refractivity contribution >= 4 is 33.4 Å². The molecule has 1 aromatic heterocycles. The summed E-state index contributed by atoms with van der Waals surface area (Å²) in [5.41, 5.74) is 0.556. The van der Waals surface area contributed by atoms with Crippen LogP contribution in [-0.2, 0) is 14.8 Å². The van der Waals surface area contributed by atoms with E-state index in [0.29, 0.717) is 5.69 Å². The van der Waals surface area contributed by atoms with Gasteiger partial charge in [-0.1, -0.05) is 0 Å². The van der Waals surface area contributed by atoms with Crippen molar-refractivity contribution in [1.82, 2.24) is 9.62 Å². The number of amides is 1. The fourth-order valence-corrected chi connectivity index (χ4v) is 4.94. The minimum Gasteiger partial charge on any atom is -0.468 e. The van der Waals surface area contributed by atoms with Crippen LogP contribution in [0.5, 0.6) is 0 Å². The van der Waals surface area contributed by atoms with Crippen LogP contribution in [0.3, 0.4) is 0 Å². The second-order valence-corrected chi connectivity index (χ2v) is 9.23. The molecule has 2 aromatic rings. The summed E-state index contributed by atoms with van der Waals surface area (Å²) in [5.74, 6) is 2.60. The fourth-order valence-electron chi connectivity index (χ4n) is 2.97. The highest BCUT2D eigenvalue weighted by Crippen LogP contribution is 2.25. The second kappa shape index (κ2) is 8.92. The van der Waals surface area contributed by atoms with Gasteiger partial charge in [0.25, 0.3) is 0 Å². The normalized spacial score (nSPS) is 16.8. The highest BCUT2D eigenvalue weighted by atomic mass is 32.2. The average Bonchev–Trinajstić information content (AvgIpc) is 3.17. The van der Waals surface area contributed by atoms with Gasteiger partial charge in [-0.2, -0.15) is 11.8 Å². The Labute approximate surface area is 163 Å². The summed E-state index contributed by atoms with van der Waals surface area (Å²) < 4.78 is 33.6. The zero-order valence-electron chi connectivity index (χ0n) is 15.1. The van der Waals surface area contributed by atoms with E-state index in [-0.39, 0.29) is 23.4 Å². The molecule has 0 bridgehead atoms. The number of carbonyl (C=O) groups excluding carboxylic acids is 1. The van der Waals surface area contributed by atoms with Gasteiger partial charge in [-0.05, 0) is 36.4 Å². The van der Waals surface area contributed by atoms with Gasteiger partial charge in [0, 0.05) is 43.8 Å². The van der Waals surface area contributed by atoms with Gasteiger partial charge in [-0.15, -0.1) is 0 Å². The molecule has 1 aromatic carbocycles. The summed E-state index contributed by atoms with van der Waals surface area (Å²) >= 11 is 1.90. The quantitative estimate of drug-likeness (QED) is 0.729. The lowest BCUT2D eigenvalue weighted by molar-refractivity contribution is -0.114. The Balaban J connectivity index is 1.70. The number of thioether (sulfide) groups is 1. The van der Waals surface area contributed by atoms with Crippen LogP contribution in [0.15, 0.2) is 52.0 Å². The highest BCUT2D eigenvalue weighted by Gasteiger charge is 2.26. The predicted molar refractivity (Wildman–Crippen MR) is 106 cm³/mol. The lowest BCUT2D eigenvalue weighted by Crippen LogP contribution is -2.41. The number of carbonyl (C=O) groups is 1. The Kier molecular flexibility index (Phi) is 6.59. The monoisotopic (exact) mass is 409 g/mol. The van der Waals surface area contributed by atoms with Crippen LogP contribution < -0.4 is 10.0 Å². The molecule has 1 aliphatic rings. The van der Waals surface area contributed by atoms with Gasteiger partial charge >= 0.3 is 0 Å². The van der Waals surface area contributed by atoms with E-state index >= 15 is 0 Å². The predicted octanol–water partition coefficient (Wildman–Crippen LogP) is 2.31. The molecular weight excluding hydrogens is 386 g/mol. The number of nitrogens with one attached hydrogen (secondary N) is 2. The third-order valence-corrected chi connectivity index (χ3v) is 6.69. The van der Waals surface area contributed by atoms with Crippen LogP contribution in [-0.4, -0.2) is 50.4 Å². The van der Waals surface area contributed by atoms with Crippen molar-refractivity contribution in [1.29, 1.82) is 0 Å². The van der Waals surface area contributed by atoms with Gasteiger partial charge in [0.05, 0.1) is 17.2 Å². The molecule has 0 radical (unpaired) electrons. The molecule has 7 nitrogen and oxygen atoms in total. The number of nitrogens with zero attached hydrogens (tertiary/aromatic N) is 1. The molecule has 0 unspecified atom stereocenters. The molecule has 3 rings (SSSR count). The highest BCUT2D eigenvalue weighted by molar-refractivity contribution is 7.99. The molecule has 9 heteroatoms. The molecule has 0 saturated carbocycles. The second-order valence-electron chi connectivity index (χ2n) is 6.24. The standard InChI is InChI=1S/C18H23N3O4S2/c1-14(22)20-15-4-6-16(7-5-15)27(23,24)19-13-17(18-3-2-10-25-18)21-8-11-26-12-9-21/h2-7,10,17,19H,8-9,11-13H2,1H3,(H,20,22)/t17-/m0/s1. The van der Waals surface area contributed by atoms with Gasteiger partial charge < -0.3 is 9.73 Å². The van der Waals surface area contributed by atoms with Crippen molar-refractivity contribution < 1.29 is 17.6 Å². The maximum absolute atomic E-state index is 12.7. The summed E-state index contributed by atoms with van der Waals surface area (Å²) in [7, 11) is -3.67. The summed E-state index contributed by atoms with van der Waals surface area (Å²) in [6.07, 6.45) is 1.61. The molecule has 0 spiro atoms. The molecule has 27 heavy (non-hydrogen) atoms. The zero-order chi connectivity index (χ0) is 19.3. The van der Waals surface area contributed by atoms with Gasteiger partial charge in [0.2, 0.25) is 15.9 Å². The van der Waals surface area contributed by atoms with E-state index < -0.39 is 10.0 Å². The number of furan rings is 1. The summed E-state index contributed by atoms with van der Waals surface area (Å²) in [6.45, 7) is 3.42. The fraction of sp³-hybridized carbons (Fsp3) is 0.389. The van der Waals surface area contributed by atoms with Crippen molar-refractivity contribution in [2.75, 3.05) is 36.5 Å². The number of sulfonamides is 1. The SMILES string of the molecule is CC(=O)Nc1ccc(S(=O)(=O)NC[C@@H](c2ccco2)N2CCSCC2)cc1. The summed E-state index contributed by atoms with van der Waals surface area (Å²) in [6, 6.07) is 9.65. The molecule has 1 saturated heterocycles. The number of hydrogen-bond acceptors (Lipinski definition) is 6.